The lowest BCUT2D eigenvalue weighted by Crippen LogP contribution is -2.51. The third-order valence-electron chi connectivity index (χ3n) is 7.09. The topological polar surface area (TPSA) is 103 Å². The molecule has 1 aromatic rings. The number of aromatic amines is 1. The van der Waals surface area contributed by atoms with Crippen LogP contribution in [0.1, 0.15) is 47.8 Å². The van der Waals surface area contributed by atoms with Crippen molar-refractivity contribution in [3.63, 3.8) is 0 Å². The first-order valence-corrected chi connectivity index (χ1v) is 16.7. The van der Waals surface area contributed by atoms with Crippen LogP contribution in [-0.2, 0) is 13.6 Å². The summed E-state index contributed by atoms with van der Waals surface area (Å²) in [5.41, 5.74) is -1.13. The molecule has 0 aromatic carbocycles. The van der Waals surface area contributed by atoms with Crippen molar-refractivity contribution >= 4 is 16.6 Å². The van der Waals surface area contributed by atoms with Crippen LogP contribution in [0.5, 0.6) is 0 Å². The fourth-order valence-electron chi connectivity index (χ4n) is 2.88. The minimum Gasteiger partial charge on any atom is -0.414 e. The maximum absolute atomic E-state index is 12.3. The number of rotatable bonds is 6. The summed E-state index contributed by atoms with van der Waals surface area (Å²) in [6.45, 7) is 21.7. The van der Waals surface area contributed by atoms with Gasteiger partial charge in [0.05, 0.1) is 6.61 Å². The lowest BCUT2D eigenvalue weighted by molar-refractivity contribution is -0.0528. The molecule has 1 aliphatic rings. The average molecular weight is 473 g/mol. The Kier molecular flexibility index (Phi) is 7.37. The van der Waals surface area contributed by atoms with Gasteiger partial charge in [-0.1, -0.05) is 41.5 Å². The Bertz CT molecular complexity index is 881. The van der Waals surface area contributed by atoms with Crippen molar-refractivity contribution in [2.75, 3.05) is 6.61 Å². The van der Waals surface area contributed by atoms with Crippen LogP contribution < -0.4 is 11.2 Å². The van der Waals surface area contributed by atoms with Crippen LogP contribution >= 0.6 is 0 Å². The van der Waals surface area contributed by atoms with Crippen molar-refractivity contribution in [3.8, 4) is 0 Å². The van der Waals surface area contributed by atoms with E-state index in [0.717, 1.165) is 0 Å². The number of hydrogen-bond acceptors (Lipinski definition) is 6. The van der Waals surface area contributed by atoms with Gasteiger partial charge in [-0.15, -0.1) is 0 Å². The van der Waals surface area contributed by atoms with E-state index < -0.39 is 52.4 Å². The summed E-state index contributed by atoms with van der Waals surface area (Å²) in [4.78, 5) is 26.0. The molecule has 1 aromatic heterocycles. The molecule has 10 heteroatoms. The van der Waals surface area contributed by atoms with Gasteiger partial charge >= 0.3 is 5.69 Å². The summed E-state index contributed by atoms with van der Waals surface area (Å²) in [6, 6.07) is 1.24. The molecule has 1 fully saturated rings. The Labute approximate surface area is 187 Å². The van der Waals surface area contributed by atoms with E-state index in [0.29, 0.717) is 0 Å². The molecular formula is C21H40N2O6Si2. The zero-order chi connectivity index (χ0) is 24.0. The van der Waals surface area contributed by atoms with Gasteiger partial charge < -0.3 is 18.7 Å². The second kappa shape index (κ2) is 8.71. The monoisotopic (exact) mass is 472 g/mol. The Morgan fingerprint density at radius 1 is 1.06 bits per heavy atom. The van der Waals surface area contributed by atoms with Gasteiger partial charge in [0, 0.05) is 12.3 Å². The SMILES string of the molecule is CC(C)(C)[Si](C)(C)OC[C@H]1O[C@@H](n2ccc(=O)[nH]c2=O)[C@H](O)[C@@H]1O[Si](C)(C)C(C)(C)C. The highest BCUT2D eigenvalue weighted by atomic mass is 28.4. The van der Waals surface area contributed by atoms with Crippen LogP contribution in [0.4, 0.5) is 0 Å². The molecule has 0 unspecified atom stereocenters. The van der Waals surface area contributed by atoms with Crippen molar-refractivity contribution in [2.45, 2.75) is 102 Å². The Morgan fingerprint density at radius 3 is 2.10 bits per heavy atom. The maximum Gasteiger partial charge on any atom is 0.330 e. The Morgan fingerprint density at radius 2 is 1.61 bits per heavy atom. The van der Waals surface area contributed by atoms with Crippen LogP contribution in [0.3, 0.4) is 0 Å². The van der Waals surface area contributed by atoms with Crippen LogP contribution in [0.2, 0.25) is 36.3 Å². The fourth-order valence-corrected chi connectivity index (χ4v) is 5.22. The Hall–Kier alpha value is -1.05. The average Bonchev–Trinajstić information content (AvgIpc) is 2.87. The molecule has 2 rings (SSSR count). The molecule has 8 nitrogen and oxygen atoms in total. The molecule has 0 saturated carbocycles. The number of H-pyrrole nitrogens is 1. The number of ether oxygens (including phenoxy) is 1. The van der Waals surface area contributed by atoms with Crippen LogP contribution in [0.25, 0.3) is 0 Å². The standard InChI is InChI=1S/C21H40N2O6Si2/c1-20(2,3)30(7,8)27-13-14-17(29-31(9,10)21(4,5)6)16(25)18(28-14)23-12-11-15(24)22-19(23)26/h11-12,14,16-18,25H,13H2,1-10H3,(H,22,24,26)/t14-,16-,17-,18-/m1/s1. The van der Waals surface area contributed by atoms with E-state index in [2.05, 4.69) is 72.7 Å². The van der Waals surface area contributed by atoms with Crippen molar-refractivity contribution in [2.24, 2.45) is 0 Å². The van der Waals surface area contributed by atoms with Gasteiger partial charge in [0.2, 0.25) is 0 Å². The predicted octanol–water partition coefficient (Wildman–Crippen LogP) is 3.21. The number of nitrogens with zero attached hydrogens (tertiary/aromatic N) is 1. The molecule has 31 heavy (non-hydrogen) atoms. The second-order valence-corrected chi connectivity index (χ2v) is 21.1. The quantitative estimate of drug-likeness (QED) is 0.616. The lowest BCUT2D eigenvalue weighted by atomic mass is 10.1. The van der Waals surface area contributed by atoms with Gasteiger partial charge in [0.1, 0.15) is 18.3 Å². The first kappa shape index (κ1) is 26.2. The number of aliphatic hydroxyl groups excluding tert-OH is 1. The van der Waals surface area contributed by atoms with E-state index in [4.69, 9.17) is 13.6 Å². The molecule has 0 amide bonds. The summed E-state index contributed by atoms with van der Waals surface area (Å²) >= 11 is 0. The van der Waals surface area contributed by atoms with Gasteiger partial charge in [0.25, 0.3) is 5.56 Å². The molecule has 4 atom stereocenters. The van der Waals surface area contributed by atoms with Crippen LogP contribution in [0, 0.1) is 0 Å². The van der Waals surface area contributed by atoms with Gasteiger partial charge in [-0.3, -0.25) is 14.3 Å². The molecule has 0 radical (unpaired) electrons. The predicted molar refractivity (Wildman–Crippen MR) is 126 cm³/mol. The molecule has 1 aliphatic heterocycles. The smallest absolute Gasteiger partial charge is 0.330 e. The van der Waals surface area contributed by atoms with Crippen LogP contribution in [-0.4, -0.2) is 56.2 Å². The summed E-state index contributed by atoms with van der Waals surface area (Å²) in [6.07, 6.45) is -1.88. The van der Waals surface area contributed by atoms with Gasteiger partial charge in [-0.25, -0.2) is 4.79 Å². The van der Waals surface area contributed by atoms with E-state index in [-0.39, 0.29) is 16.7 Å². The number of aromatic nitrogens is 2. The van der Waals surface area contributed by atoms with E-state index in [1.54, 1.807) is 0 Å². The zero-order valence-electron chi connectivity index (χ0n) is 20.6. The van der Waals surface area contributed by atoms with E-state index in [1.165, 1.54) is 16.8 Å². The first-order valence-electron chi connectivity index (χ1n) is 10.8. The molecule has 1 saturated heterocycles. The van der Waals surface area contributed by atoms with Gasteiger partial charge in [-0.05, 0) is 36.3 Å². The molecule has 2 heterocycles. The highest BCUT2D eigenvalue weighted by Gasteiger charge is 2.51. The van der Waals surface area contributed by atoms with Crippen molar-refractivity contribution in [1.29, 1.82) is 0 Å². The van der Waals surface area contributed by atoms with Crippen molar-refractivity contribution in [1.82, 2.24) is 9.55 Å². The van der Waals surface area contributed by atoms with E-state index >= 15 is 0 Å². The van der Waals surface area contributed by atoms with Gasteiger partial charge in [0.15, 0.2) is 22.9 Å². The third-order valence-corrected chi connectivity index (χ3v) is 16.1. The largest absolute Gasteiger partial charge is 0.414 e. The molecule has 0 spiro atoms. The summed E-state index contributed by atoms with van der Waals surface area (Å²) in [5.74, 6) is 0. The molecule has 0 bridgehead atoms. The number of nitrogens with one attached hydrogen (secondary N) is 1. The number of hydrogen-bond donors (Lipinski definition) is 2. The first-order chi connectivity index (χ1) is 13.9. The van der Waals surface area contributed by atoms with Crippen molar-refractivity contribution < 1.29 is 18.7 Å². The molecular weight excluding hydrogens is 432 g/mol. The highest BCUT2D eigenvalue weighted by molar-refractivity contribution is 6.74. The van der Waals surface area contributed by atoms with Gasteiger partial charge in [-0.2, -0.15) is 0 Å². The van der Waals surface area contributed by atoms with Crippen LogP contribution in [0.15, 0.2) is 21.9 Å². The molecule has 2 N–H and O–H groups in total. The minimum absolute atomic E-state index is 0.0231. The summed E-state index contributed by atoms with van der Waals surface area (Å²) < 4.78 is 20.3. The van der Waals surface area contributed by atoms with Crippen molar-refractivity contribution in [3.05, 3.63) is 33.1 Å². The molecule has 178 valence electrons. The maximum atomic E-state index is 12.3. The zero-order valence-corrected chi connectivity index (χ0v) is 22.6. The Balaban J connectivity index is 2.37. The molecule has 0 aliphatic carbocycles. The van der Waals surface area contributed by atoms with E-state index in [9.17, 15) is 14.7 Å². The number of aliphatic hydroxyl groups is 1. The summed E-state index contributed by atoms with van der Waals surface area (Å²) in [7, 11) is -4.31. The van der Waals surface area contributed by atoms with E-state index in [1.807, 2.05) is 0 Å². The fraction of sp³-hybridized carbons (Fsp3) is 0.810. The highest BCUT2D eigenvalue weighted by Crippen LogP contribution is 2.42. The normalized spacial score (nSPS) is 25.8. The lowest BCUT2D eigenvalue weighted by Gasteiger charge is -2.41. The third kappa shape index (κ3) is 5.66. The minimum atomic E-state index is -2.25. The summed E-state index contributed by atoms with van der Waals surface area (Å²) in [5, 5.41) is 11.1. The second-order valence-electron chi connectivity index (χ2n) is 11.5.